The van der Waals surface area contributed by atoms with Gasteiger partial charge in [0.25, 0.3) is 0 Å². The van der Waals surface area contributed by atoms with Crippen molar-refractivity contribution in [2.24, 2.45) is 0 Å². The van der Waals surface area contributed by atoms with Gasteiger partial charge in [-0.05, 0) is 42.3 Å². The minimum atomic E-state index is -4.53. The van der Waals surface area contributed by atoms with Gasteiger partial charge in [-0.3, -0.25) is 4.79 Å². The number of carbonyl (C=O) groups is 1. The number of anilines is 2. The van der Waals surface area contributed by atoms with Crippen LogP contribution in [0.1, 0.15) is 23.0 Å². The maximum Gasteiger partial charge on any atom is 0.433 e. The molecule has 0 saturated heterocycles. The monoisotopic (exact) mass is 357 g/mol. The lowest BCUT2D eigenvalue weighted by molar-refractivity contribution is -0.141. The number of carbonyl (C=O) groups excluding carboxylic acids is 1. The third-order valence-electron chi connectivity index (χ3n) is 3.67. The van der Waals surface area contributed by atoms with Gasteiger partial charge in [0.1, 0.15) is 5.69 Å². The summed E-state index contributed by atoms with van der Waals surface area (Å²) in [7, 11) is 0. The molecule has 0 spiro atoms. The Kier molecular flexibility index (Phi) is 4.71. The first-order chi connectivity index (χ1) is 12.3. The van der Waals surface area contributed by atoms with Gasteiger partial charge in [0.15, 0.2) is 5.78 Å². The fraction of sp³-hybridized carbons (Fsp3) is 0.105. The SMILES string of the molecule is CC(=O)c1cccc(-c2cccc(Nc3nccc(C(F)(F)F)n3)c2)c1. The zero-order valence-electron chi connectivity index (χ0n) is 13.7. The first-order valence-electron chi connectivity index (χ1n) is 7.71. The third kappa shape index (κ3) is 4.05. The van der Waals surface area contributed by atoms with E-state index in [-0.39, 0.29) is 11.7 Å². The molecule has 0 radical (unpaired) electrons. The van der Waals surface area contributed by atoms with Crippen molar-refractivity contribution in [2.75, 3.05) is 5.32 Å². The smallest absolute Gasteiger partial charge is 0.324 e. The fourth-order valence-corrected chi connectivity index (χ4v) is 2.40. The predicted molar refractivity (Wildman–Crippen MR) is 92.2 cm³/mol. The maximum atomic E-state index is 12.7. The summed E-state index contributed by atoms with van der Waals surface area (Å²) < 4.78 is 38.2. The van der Waals surface area contributed by atoms with Gasteiger partial charge in [0, 0.05) is 17.4 Å². The molecule has 1 aromatic heterocycles. The first kappa shape index (κ1) is 17.6. The van der Waals surface area contributed by atoms with Crippen LogP contribution in [-0.2, 0) is 6.18 Å². The highest BCUT2D eigenvalue weighted by Gasteiger charge is 2.32. The fourth-order valence-electron chi connectivity index (χ4n) is 2.40. The highest BCUT2D eigenvalue weighted by Crippen LogP contribution is 2.29. The lowest BCUT2D eigenvalue weighted by Gasteiger charge is -2.10. The van der Waals surface area contributed by atoms with E-state index in [0.717, 1.165) is 23.4 Å². The molecule has 0 fully saturated rings. The van der Waals surface area contributed by atoms with Gasteiger partial charge in [0.05, 0.1) is 0 Å². The average Bonchev–Trinajstić information content (AvgIpc) is 2.61. The second-order valence-corrected chi connectivity index (χ2v) is 5.61. The Morgan fingerprint density at radius 2 is 1.69 bits per heavy atom. The standard InChI is InChI=1S/C19H14F3N3O/c1-12(26)13-4-2-5-14(10-13)15-6-3-7-16(11-15)24-18-23-9-8-17(25-18)19(20,21)22/h2-11H,1H3,(H,23,24,25). The summed E-state index contributed by atoms with van der Waals surface area (Å²) in [5, 5.41) is 2.77. The van der Waals surface area contributed by atoms with Crippen LogP contribution in [0.2, 0.25) is 0 Å². The molecule has 132 valence electrons. The van der Waals surface area contributed by atoms with Gasteiger partial charge in [-0.2, -0.15) is 13.2 Å². The Morgan fingerprint density at radius 3 is 2.38 bits per heavy atom. The third-order valence-corrected chi connectivity index (χ3v) is 3.67. The highest BCUT2D eigenvalue weighted by atomic mass is 19.4. The minimum Gasteiger partial charge on any atom is -0.324 e. The molecule has 1 N–H and O–H groups in total. The molecule has 7 heteroatoms. The van der Waals surface area contributed by atoms with Crippen molar-refractivity contribution < 1.29 is 18.0 Å². The molecule has 2 aromatic carbocycles. The van der Waals surface area contributed by atoms with Gasteiger partial charge >= 0.3 is 6.18 Å². The summed E-state index contributed by atoms with van der Waals surface area (Å²) in [6.07, 6.45) is -3.48. The summed E-state index contributed by atoms with van der Waals surface area (Å²) >= 11 is 0. The second kappa shape index (κ2) is 6.95. The molecule has 3 rings (SSSR count). The van der Waals surface area contributed by atoms with Gasteiger partial charge in [-0.15, -0.1) is 0 Å². The number of alkyl halides is 3. The summed E-state index contributed by atoms with van der Waals surface area (Å²) in [4.78, 5) is 18.8. The van der Waals surface area contributed by atoms with Crippen molar-refractivity contribution >= 4 is 17.4 Å². The molecule has 0 aliphatic carbocycles. The lowest BCUT2D eigenvalue weighted by atomic mass is 10.0. The van der Waals surface area contributed by atoms with Gasteiger partial charge in [-0.1, -0.05) is 30.3 Å². The zero-order valence-corrected chi connectivity index (χ0v) is 13.7. The number of Topliss-reactive ketones (excluding diaryl/α,β-unsaturated/α-hetero) is 1. The van der Waals surface area contributed by atoms with Crippen LogP contribution in [0.3, 0.4) is 0 Å². The average molecular weight is 357 g/mol. The summed E-state index contributed by atoms with van der Waals surface area (Å²) in [5.74, 6) is -0.187. The van der Waals surface area contributed by atoms with Gasteiger partial charge < -0.3 is 5.32 Å². The predicted octanol–water partition coefficient (Wildman–Crippen LogP) is 5.11. The van der Waals surface area contributed by atoms with Crippen LogP contribution in [0, 0.1) is 0 Å². The van der Waals surface area contributed by atoms with Crippen molar-refractivity contribution in [3.63, 3.8) is 0 Å². The van der Waals surface area contributed by atoms with Crippen LogP contribution in [0.25, 0.3) is 11.1 Å². The first-order valence-corrected chi connectivity index (χ1v) is 7.71. The summed E-state index contributed by atoms with van der Waals surface area (Å²) in [6.45, 7) is 1.49. The molecule has 3 aromatic rings. The maximum absolute atomic E-state index is 12.7. The van der Waals surface area contributed by atoms with Crippen LogP contribution in [-0.4, -0.2) is 15.8 Å². The lowest BCUT2D eigenvalue weighted by Crippen LogP contribution is -2.10. The van der Waals surface area contributed by atoms with E-state index in [4.69, 9.17) is 0 Å². The molecule has 0 bridgehead atoms. The van der Waals surface area contributed by atoms with Gasteiger partial charge in [-0.25, -0.2) is 9.97 Å². The van der Waals surface area contributed by atoms with E-state index in [0.29, 0.717) is 11.3 Å². The van der Waals surface area contributed by atoms with Crippen LogP contribution >= 0.6 is 0 Å². The molecule has 0 unspecified atom stereocenters. The Hall–Kier alpha value is -3.22. The normalized spacial score (nSPS) is 11.2. The van der Waals surface area contributed by atoms with E-state index >= 15 is 0 Å². The number of halogens is 3. The van der Waals surface area contributed by atoms with E-state index in [2.05, 4.69) is 15.3 Å². The van der Waals surface area contributed by atoms with Crippen LogP contribution in [0.4, 0.5) is 24.8 Å². The molecular weight excluding hydrogens is 343 g/mol. The largest absolute Gasteiger partial charge is 0.433 e. The van der Waals surface area contributed by atoms with E-state index in [1.165, 1.54) is 6.92 Å². The summed E-state index contributed by atoms with van der Waals surface area (Å²) in [6, 6.07) is 15.0. The molecule has 0 atom stereocenters. The molecule has 1 heterocycles. The quantitative estimate of drug-likeness (QED) is 0.660. The second-order valence-electron chi connectivity index (χ2n) is 5.61. The van der Waals surface area contributed by atoms with E-state index in [9.17, 15) is 18.0 Å². The Labute approximate surface area is 147 Å². The van der Waals surface area contributed by atoms with Crippen LogP contribution < -0.4 is 5.32 Å². The molecule has 0 aliphatic heterocycles. The molecule has 26 heavy (non-hydrogen) atoms. The minimum absolute atomic E-state index is 0.0431. The van der Waals surface area contributed by atoms with Crippen molar-refractivity contribution in [1.29, 1.82) is 0 Å². The number of hydrogen-bond acceptors (Lipinski definition) is 4. The van der Waals surface area contributed by atoms with E-state index < -0.39 is 11.9 Å². The Morgan fingerprint density at radius 1 is 1.00 bits per heavy atom. The van der Waals surface area contributed by atoms with Crippen molar-refractivity contribution in [1.82, 2.24) is 9.97 Å². The molecule has 0 saturated carbocycles. The number of aromatic nitrogens is 2. The summed E-state index contributed by atoms with van der Waals surface area (Å²) in [5.41, 5.74) is 1.74. The molecule has 0 amide bonds. The molecular formula is C19H14F3N3O. The van der Waals surface area contributed by atoms with Gasteiger partial charge in [0.2, 0.25) is 5.95 Å². The highest BCUT2D eigenvalue weighted by molar-refractivity contribution is 5.95. The van der Waals surface area contributed by atoms with Crippen molar-refractivity contribution in [3.05, 3.63) is 72.1 Å². The van der Waals surface area contributed by atoms with Crippen LogP contribution in [0.15, 0.2) is 60.8 Å². The number of nitrogens with one attached hydrogen (secondary N) is 1. The number of hydrogen-bond donors (Lipinski definition) is 1. The van der Waals surface area contributed by atoms with E-state index in [1.807, 2.05) is 12.1 Å². The molecule has 0 aliphatic rings. The number of rotatable bonds is 4. The van der Waals surface area contributed by atoms with Crippen LogP contribution in [0.5, 0.6) is 0 Å². The van der Waals surface area contributed by atoms with Crippen molar-refractivity contribution in [3.8, 4) is 11.1 Å². The number of benzene rings is 2. The molecule has 4 nitrogen and oxygen atoms in total. The topological polar surface area (TPSA) is 54.9 Å². The Bertz CT molecular complexity index is 955. The van der Waals surface area contributed by atoms with E-state index in [1.54, 1.807) is 36.4 Å². The van der Waals surface area contributed by atoms with Crippen molar-refractivity contribution in [2.45, 2.75) is 13.1 Å². The number of ketones is 1. The zero-order chi connectivity index (χ0) is 18.7. The number of nitrogens with zero attached hydrogens (tertiary/aromatic N) is 2. The Balaban J connectivity index is 1.89.